The smallest absolute Gasteiger partial charge is 0.248 e. The molecule has 0 fully saturated rings. The number of rotatable bonds is 6. The third-order valence-electron chi connectivity index (χ3n) is 3.78. The Morgan fingerprint density at radius 1 is 1.26 bits per heavy atom. The lowest BCUT2D eigenvalue weighted by atomic mass is 10.2. The van der Waals surface area contributed by atoms with Crippen molar-refractivity contribution in [3.05, 3.63) is 63.8 Å². The topological polar surface area (TPSA) is 85.8 Å². The first kappa shape index (κ1) is 17.6. The van der Waals surface area contributed by atoms with Crippen molar-refractivity contribution >= 4 is 38.9 Å². The summed E-state index contributed by atoms with van der Waals surface area (Å²) in [4.78, 5) is 12.4. The fourth-order valence-electron chi connectivity index (χ4n) is 2.50. The van der Waals surface area contributed by atoms with E-state index in [4.69, 9.17) is 4.42 Å². The molecule has 4 rings (SSSR count). The highest BCUT2D eigenvalue weighted by atomic mass is 79.9. The Bertz CT molecular complexity index is 1060. The van der Waals surface area contributed by atoms with Crippen LogP contribution in [0, 0.1) is 0 Å². The number of halogens is 1. The molecule has 4 aromatic rings. The van der Waals surface area contributed by atoms with E-state index < -0.39 is 0 Å². The summed E-state index contributed by atoms with van der Waals surface area (Å²) in [6.45, 7) is 0. The summed E-state index contributed by atoms with van der Waals surface area (Å²) < 4.78 is 8.17. The third-order valence-corrected chi connectivity index (χ3v) is 4.87. The maximum absolute atomic E-state index is 12.4. The SMILES string of the molecule is O=C(CCc1nnc(-c2ccsc2)o1)Nc1ccccc1-n1cc(Br)cn1. The summed E-state index contributed by atoms with van der Waals surface area (Å²) in [6, 6.07) is 9.40. The second-order valence-corrected chi connectivity index (χ2v) is 7.38. The maximum atomic E-state index is 12.4. The van der Waals surface area contributed by atoms with E-state index in [0.717, 1.165) is 15.7 Å². The minimum absolute atomic E-state index is 0.135. The molecule has 0 aliphatic rings. The molecule has 0 atom stereocenters. The minimum Gasteiger partial charge on any atom is -0.421 e. The van der Waals surface area contributed by atoms with Crippen LogP contribution in [0.2, 0.25) is 0 Å². The largest absolute Gasteiger partial charge is 0.421 e. The second kappa shape index (κ2) is 7.85. The molecule has 0 saturated carbocycles. The highest BCUT2D eigenvalue weighted by Gasteiger charge is 2.13. The molecule has 0 bridgehead atoms. The fraction of sp³-hybridized carbons (Fsp3) is 0.111. The second-order valence-electron chi connectivity index (χ2n) is 5.68. The molecule has 3 aromatic heterocycles. The quantitative estimate of drug-likeness (QED) is 0.479. The van der Waals surface area contributed by atoms with Gasteiger partial charge in [0, 0.05) is 30.0 Å². The first-order valence-corrected chi connectivity index (χ1v) is 9.87. The summed E-state index contributed by atoms with van der Waals surface area (Å²) in [5.74, 6) is 0.779. The number of nitrogens with zero attached hydrogens (tertiary/aromatic N) is 4. The van der Waals surface area contributed by atoms with Gasteiger partial charge in [0.1, 0.15) is 0 Å². The Hall–Kier alpha value is -2.78. The van der Waals surface area contributed by atoms with Crippen LogP contribution in [-0.2, 0) is 11.2 Å². The number of carbonyl (C=O) groups is 1. The average molecular weight is 444 g/mol. The van der Waals surface area contributed by atoms with Crippen LogP contribution >= 0.6 is 27.3 Å². The molecule has 3 heterocycles. The fourth-order valence-corrected chi connectivity index (χ4v) is 3.42. The molecule has 136 valence electrons. The number of hydrogen-bond acceptors (Lipinski definition) is 6. The number of para-hydroxylation sites is 2. The molecule has 0 saturated heterocycles. The Morgan fingerprint density at radius 3 is 2.93 bits per heavy atom. The van der Waals surface area contributed by atoms with Gasteiger partial charge >= 0.3 is 0 Å². The van der Waals surface area contributed by atoms with Crippen molar-refractivity contribution < 1.29 is 9.21 Å². The molecule has 1 aromatic carbocycles. The van der Waals surface area contributed by atoms with Gasteiger partial charge in [0.05, 0.1) is 22.0 Å². The molecule has 7 nitrogen and oxygen atoms in total. The molecule has 27 heavy (non-hydrogen) atoms. The lowest BCUT2D eigenvalue weighted by Crippen LogP contribution is -2.14. The highest BCUT2D eigenvalue weighted by molar-refractivity contribution is 9.10. The molecule has 0 radical (unpaired) electrons. The number of aromatic nitrogens is 4. The van der Waals surface area contributed by atoms with Crippen molar-refractivity contribution in [1.29, 1.82) is 0 Å². The number of anilines is 1. The van der Waals surface area contributed by atoms with E-state index in [9.17, 15) is 4.79 Å². The van der Waals surface area contributed by atoms with Gasteiger partial charge in [-0.3, -0.25) is 4.79 Å². The molecule has 1 N–H and O–H groups in total. The van der Waals surface area contributed by atoms with Crippen LogP contribution in [-0.4, -0.2) is 25.9 Å². The predicted molar refractivity (Wildman–Crippen MR) is 106 cm³/mol. The monoisotopic (exact) mass is 443 g/mol. The molecule has 9 heteroatoms. The highest BCUT2D eigenvalue weighted by Crippen LogP contribution is 2.22. The van der Waals surface area contributed by atoms with Gasteiger partial charge in [-0.25, -0.2) is 4.68 Å². The molecular weight excluding hydrogens is 430 g/mol. The van der Waals surface area contributed by atoms with E-state index in [1.165, 1.54) is 0 Å². The number of amides is 1. The summed E-state index contributed by atoms with van der Waals surface area (Å²) in [7, 11) is 0. The Kier molecular flexibility index (Phi) is 5.12. The number of hydrogen-bond donors (Lipinski definition) is 1. The van der Waals surface area contributed by atoms with Gasteiger partial charge in [0.15, 0.2) is 0 Å². The van der Waals surface area contributed by atoms with E-state index in [2.05, 4.69) is 36.5 Å². The van der Waals surface area contributed by atoms with Crippen molar-refractivity contribution in [3.8, 4) is 17.1 Å². The van der Waals surface area contributed by atoms with Gasteiger partial charge < -0.3 is 9.73 Å². The molecule has 1 amide bonds. The van der Waals surface area contributed by atoms with E-state index in [-0.39, 0.29) is 12.3 Å². The van der Waals surface area contributed by atoms with E-state index in [1.807, 2.05) is 47.3 Å². The summed E-state index contributed by atoms with van der Waals surface area (Å²) in [5.41, 5.74) is 2.36. The maximum Gasteiger partial charge on any atom is 0.248 e. The summed E-state index contributed by atoms with van der Waals surface area (Å²) >= 11 is 4.94. The average Bonchev–Trinajstić information content (AvgIpc) is 3.42. The van der Waals surface area contributed by atoms with Crippen LogP contribution in [0.5, 0.6) is 0 Å². The normalized spacial score (nSPS) is 10.9. The van der Waals surface area contributed by atoms with Crippen molar-refractivity contribution in [3.63, 3.8) is 0 Å². The van der Waals surface area contributed by atoms with Gasteiger partial charge in [-0.2, -0.15) is 16.4 Å². The zero-order valence-corrected chi connectivity index (χ0v) is 16.4. The van der Waals surface area contributed by atoms with Crippen molar-refractivity contribution in [2.24, 2.45) is 0 Å². The standard InChI is InChI=1S/C18H14BrN5O2S/c19-13-9-20-24(10-13)15-4-2-1-3-14(15)21-16(25)5-6-17-22-23-18(26-17)12-7-8-27-11-12/h1-4,7-11H,5-6H2,(H,21,25). The number of benzene rings is 1. The van der Waals surface area contributed by atoms with Crippen molar-refractivity contribution in [2.45, 2.75) is 12.8 Å². The summed E-state index contributed by atoms with van der Waals surface area (Å²) in [5, 5.41) is 19.1. The van der Waals surface area contributed by atoms with E-state index in [1.54, 1.807) is 22.2 Å². The molecular formula is C18H14BrN5O2S. The number of carbonyl (C=O) groups excluding carboxylic acids is 1. The van der Waals surface area contributed by atoms with Crippen LogP contribution in [0.3, 0.4) is 0 Å². The Morgan fingerprint density at radius 2 is 2.15 bits per heavy atom. The van der Waals surface area contributed by atoms with E-state index in [0.29, 0.717) is 23.9 Å². The summed E-state index contributed by atoms with van der Waals surface area (Å²) in [6.07, 6.45) is 4.13. The van der Waals surface area contributed by atoms with Crippen LogP contribution in [0.1, 0.15) is 12.3 Å². The Labute approximate surface area is 167 Å². The first-order valence-electron chi connectivity index (χ1n) is 8.13. The van der Waals surface area contributed by atoms with Gasteiger partial charge in [0.25, 0.3) is 0 Å². The first-order chi connectivity index (χ1) is 13.2. The van der Waals surface area contributed by atoms with Crippen LogP contribution in [0.25, 0.3) is 17.1 Å². The Balaban J connectivity index is 1.40. The molecule has 0 spiro atoms. The molecule has 0 unspecified atom stereocenters. The van der Waals surface area contributed by atoms with Crippen molar-refractivity contribution in [2.75, 3.05) is 5.32 Å². The van der Waals surface area contributed by atoms with Gasteiger partial charge in [0.2, 0.25) is 17.7 Å². The van der Waals surface area contributed by atoms with E-state index >= 15 is 0 Å². The number of aryl methyl sites for hydroxylation is 1. The molecule has 0 aliphatic heterocycles. The minimum atomic E-state index is -0.135. The zero-order chi connectivity index (χ0) is 18.6. The number of nitrogens with one attached hydrogen (secondary N) is 1. The lowest BCUT2D eigenvalue weighted by molar-refractivity contribution is -0.116. The van der Waals surface area contributed by atoms with Crippen LogP contribution in [0.4, 0.5) is 5.69 Å². The number of thiophene rings is 1. The molecule has 0 aliphatic carbocycles. The van der Waals surface area contributed by atoms with Crippen LogP contribution in [0.15, 0.2) is 62.4 Å². The van der Waals surface area contributed by atoms with Crippen molar-refractivity contribution in [1.82, 2.24) is 20.0 Å². The van der Waals surface area contributed by atoms with Gasteiger partial charge in [-0.15, -0.1) is 10.2 Å². The zero-order valence-electron chi connectivity index (χ0n) is 14.0. The predicted octanol–water partition coefficient (Wildman–Crippen LogP) is 4.32. The van der Waals surface area contributed by atoms with Crippen LogP contribution < -0.4 is 5.32 Å². The van der Waals surface area contributed by atoms with Gasteiger partial charge in [-0.1, -0.05) is 12.1 Å². The lowest BCUT2D eigenvalue weighted by Gasteiger charge is -2.10. The van der Waals surface area contributed by atoms with Gasteiger partial charge in [-0.05, 0) is 39.5 Å². The third kappa shape index (κ3) is 4.15.